The molecular weight excluding hydrogens is 272 g/mol. The molecule has 5 N–H and O–H groups in total. The third kappa shape index (κ3) is 3.29. The zero-order chi connectivity index (χ0) is 15.4. The summed E-state index contributed by atoms with van der Waals surface area (Å²) in [6.07, 6.45) is 3.90. The lowest BCUT2D eigenvalue weighted by Crippen LogP contribution is -2.35. The zero-order valence-corrected chi connectivity index (χ0v) is 12.4. The molecule has 0 amide bonds. The number of nitrogens with two attached hydrogens (primary N) is 1. The van der Waals surface area contributed by atoms with Gasteiger partial charge in [0.05, 0.1) is 0 Å². The number of aliphatic hydroxyl groups is 1. The second kappa shape index (κ2) is 6.80. The first kappa shape index (κ1) is 15.6. The van der Waals surface area contributed by atoms with Gasteiger partial charge in [0, 0.05) is 19.7 Å². The minimum atomic E-state index is -0.483. The third-order valence-corrected chi connectivity index (χ3v) is 4.28. The molecule has 1 fully saturated rings. The second-order valence-corrected chi connectivity index (χ2v) is 5.69. The van der Waals surface area contributed by atoms with Crippen LogP contribution in [0.5, 0.6) is 0 Å². The van der Waals surface area contributed by atoms with Gasteiger partial charge in [-0.1, -0.05) is 13.3 Å². The largest absolute Gasteiger partial charge is 0.396 e. The smallest absolute Gasteiger partial charge is 0.330 e. The van der Waals surface area contributed by atoms with Gasteiger partial charge in [0.15, 0.2) is 0 Å². The molecule has 21 heavy (non-hydrogen) atoms. The molecule has 2 unspecified atom stereocenters. The maximum absolute atomic E-state index is 11.9. The van der Waals surface area contributed by atoms with Crippen LogP contribution in [0.25, 0.3) is 0 Å². The molecule has 0 saturated heterocycles. The number of hydrogen-bond acceptors (Lipinski definition) is 5. The molecule has 1 saturated carbocycles. The molecule has 1 heterocycles. The minimum Gasteiger partial charge on any atom is -0.396 e. The molecular formula is C14H24N4O3. The van der Waals surface area contributed by atoms with Crippen LogP contribution >= 0.6 is 0 Å². The number of aromatic amines is 1. The van der Waals surface area contributed by atoms with Crippen molar-refractivity contribution in [1.29, 1.82) is 0 Å². The summed E-state index contributed by atoms with van der Waals surface area (Å²) in [6.45, 7) is 3.17. The summed E-state index contributed by atoms with van der Waals surface area (Å²) in [5, 5.41) is 12.4. The molecule has 118 valence electrons. The van der Waals surface area contributed by atoms with E-state index in [2.05, 4.69) is 10.3 Å². The molecule has 1 aromatic heterocycles. The molecule has 0 bridgehead atoms. The normalized spacial score (nSPS) is 21.6. The number of aromatic nitrogens is 2. The summed E-state index contributed by atoms with van der Waals surface area (Å²) in [7, 11) is 0. The highest BCUT2D eigenvalue weighted by atomic mass is 16.3. The van der Waals surface area contributed by atoms with E-state index in [1.54, 1.807) is 0 Å². The highest BCUT2D eigenvalue weighted by Crippen LogP contribution is 2.31. The molecule has 0 spiro atoms. The van der Waals surface area contributed by atoms with Gasteiger partial charge >= 0.3 is 5.69 Å². The standard InChI is InChI=1S/C14H24N4O3/c1-2-6-18-12(15)11(13(20)17-14(18)21)16-7-9-4-3-5-10(9)8-19/h9-10,16,19H,2-8,15H2,1H3,(H,17,20,21). The molecule has 7 heteroatoms. The number of aliphatic hydroxyl groups excluding tert-OH is 1. The summed E-state index contributed by atoms with van der Waals surface area (Å²) in [4.78, 5) is 25.9. The lowest BCUT2D eigenvalue weighted by molar-refractivity contribution is 0.199. The Bertz CT molecular complexity index is 593. The van der Waals surface area contributed by atoms with Crippen molar-refractivity contribution in [2.75, 3.05) is 24.2 Å². The van der Waals surface area contributed by atoms with Gasteiger partial charge in [-0.3, -0.25) is 14.3 Å². The average molecular weight is 296 g/mol. The van der Waals surface area contributed by atoms with E-state index in [0.717, 1.165) is 25.7 Å². The molecule has 0 radical (unpaired) electrons. The van der Waals surface area contributed by atoms with E-state index >= 15 is 0 Å². The van der Waals surface area contributed by atoms with Crippen molar-refractivity contribution in [3.63, 3.8) is 0 Å². The van der Waals surface area contributed by atoms with Gasteiger partial charge in [0.2, 0.25) is 0 Å². The number of nitrogens with one attached hydrogen (secondary N) is 2. The Morgan fingerprint density at radius 2 is 2.10 bits per heavy atom. The fraction of sp³-hybridized carbons (Fsp3) is 0.714. The van der Waals surface area contributed by atoms with Crippen molar-refractivity contribution in [3.8, 4) is 0 Å². The molecule has 0 aliphatic heterocycles. The average Bonchev–Trinajstić information content (AvgIpc) is 2.90. The van der Waals surface area contributed by atoms with Crippen LogP contribution in [-0.4, -0.2) is 27.8 Å². The van der Waals surface area contributed by atoms with E-state index in [1.165, 1.54) is 4.57 Å². The van der Waals surface area contributed by atoms with Crippen molar-refractivity contribution >= 4 is 11.5 Å². The van der Waals surface area contributed by atoms with E-state index in [-0.39, 0.29) is 24.0 Å². The van der Waals surface area contributed by atoms with Crippen molar-refractivity contribution in [1.82, 2.24) is 9.55 Å². The molecule has 1 aliphatic rings. The van der Waals surface area contributed by atoms with Crippen molar-refractivity contribution in [2.45, 2.75) is 39.2 Å². The fourth-order valence-corrected chi connectivity index (χ4v) is 3.06. The Morgan fingerprint density at radius 3 is 2.76 bits per heavy atom. The van der Waals surface area contributed by atoms with E-state index in [0.29, 0.717) is 19.0 Å². The molecule has 2 rings (SSSR count). The SMILES string of the molecule is CCCn1c(N)c(NCC2CCCC2CO)c(=O)[nH]c1=O. The van der Waals surface area contributed by atoms with Crippen molar-refractivity contribution in [2.24, 2.45) is 11.8 Å². The monoisotopic (exact) mass is 296 g/mol. The van der Waals surface area contributed by atoms with E-state index in [1.807, 2.05) is 6.92 Å². The van der Waals surface area contributed by atoms with Crippen molar-refractivity contribution in [3.05, 3.63) is 20.8 Å². The maximum atomic E-state index is 11.9. The molecule has 2 atom stereocenters. The number of hydrogen-bond donors (Lipinski definition) is 4. The molecule has 1 aromatic rings. The lowest BCUT2D eigenvalue weighted by Gasteiger charge is -2.19. The zero-order valence-electron chi connectivity index (χ0n) is 12.4. The summed E-state index contributed by atoms with van der Waals surface area (Å²) in [6, 6.07) is 0. The van der Waals surface area contributed by atoms with Gasteiger partial charge in [-0.05, 0) is 31.1 Å². The van der Waals surface area contributed by atoms with Crippen LogP contribution < -0.4 is 22.3 Å². The first-order valence-electron chi connectivity index (χ1n) is 7.55. The first-order chi connectivity index (χ1) is 10.1. The van der Waals surface area contributed by atoms with Gasteiger partial charge in [-0.15, -0.1) is 0 Å². The lowest BCUT2D eigenvalue weighted by atomic mass is 9.97. The Labute approximate surface area is 123 Å². The van der Waals surface area contributed by atoms with Crippen LogP contribution in [0.15, 0.2) is 9.59 Å². The van der Waals surface area contributed by atoms with Gasteiger partial charge in [-0.25, -0.2) is 4.79 Å². The number of anilines is 2. The van der Waals surface area contributed by atoms with Crippen molar-refractivity contribution < 1.29 is 5.11 Å². The van der Waals surface area contributed by atoms with E-state index < -0.39 is 11.2 Å². The number of rotatable bonds is 6. The maximum Gasteiger partial charge on any atom is 0.330 e. The van der Waals surface area contributed by atoms with Crippen LogP contribution in [0.4, 0.5) is 11.5 Å². The van der Waals surface area contributed by atoms with Crippen LogP contribution in [0.3, 0.4) is 0 Å². The number of nitrogens with zero attached hydrogens (tertiary/aromatic N) is 1. The quantitative estimate of drug-likeness (QED) is 0.605. The second-order valence-electron chi connectivity index (χ2n) is 5.69. The van der Waals surface area contributed by atoms with Crippen LogP contribution in [0, 0.1) is 11.8 Å². The predicted molar refractivity (Wildman–Crippen MR) is 82.4 cm³/mol. The number of H-pyrrole nitrogens is 1. The Morgan fingerprint density at radius 1 is 1.38 bits per heavy atom. The van der Waals surface area contributed by atoms with Gasteiger partial charge in [-0.2, -0.15) is 0 Å². The van der Waals surface area contributed by atoms with Crippen LogP contribution in [-0.2, 0) is 6.54 Å². The summed E-state index contributed by atoms with van der Waals surface area (Å²) in [5.41, 5.74) is 5.25. The van der Waals surface area contributed by atoms with Gasteiger partial charge in [0.25, 0.3) is 5.56 Å². The topological polar surface area (TPSA) is 113 Å². The summed E-state index contributed by atoms with van der Waals surface area (Å²) >= 11 is 0. The van der Waals surface area contributed by atoms with Crippen LogP contribution in [0.2, 0.25) is 0 Å². The predicted octanol–water partition coefficient (Wildman–Crippen LogP) is 0.349. The van der Waals surface area contributed by atoms with Crippen LogP contribution in [0.1, 0.15) is 32.6 Å². The molecule has 7 nitrogen and oxygen atoms in total. The highest BCUT2D eigenvalue weighted by Gasteiger charge is 2.26. The molecule has 0 aromatic carbocycles. The minimum absolute atomic E-state index is 0.174. The molecule has 1 aliphatic carbocycles. The highest BCUT2D eigenvalue weighted by molar-refractivity contribution is 5.60. The van der Waals surface area contributed by atoms with Gasteiger partial charge < -0.3 is 16.2 Å². The summed E-state index contributed by atoms with van der Waals surface area (Å²) in [5.74, 6) is 0.795. The van der Waals surface area contributed by atoms with E-state index in [4.69, 9.17) is 5.73 Å². The Balaban J connectivity index is 2.18. The Hall–Kier alpha value is -1.76. The summed E-state index contributed by atoms with van der Waals surface area (Å²) < 4.78 is 1.38. The first-order valence-corrected chi connectivity index (χ1v) is 7.55. The van der Waals surface area contributed by atoms with Gasteiger partial charge in [0.1, 0.15) is 11.5 Å². The Kier molecular flexibility index (Phi) is 5.06. The van der Waals surface area contributed by atoms with E-state index in [9.17, 15) is 14.7 Å². The third-order valence-electron chi connectivity index (χ3n) is 4.28. The number of nitrogen functional groups attached to an aromatic ring is 1. The fourth-order valence-electron chi connectivity index (χ4n) is 3.06.